The van der Waals surface area contributed by atoms with Crippen molar-refractivity contribution in [1.82, 2.24) is 0 Å². The first-order valence-corrected chi connectivity index (χ1v) is 2.77. The van der Waals surface area contributed by atoms with Crippen molar-refractivity contribution in [1.29, 1.82) is 0 Å². The van der Waals surface area contributed by atoms with Crippen LogP contribution in [0.3, 0.4) is 0 Å². The molecule has 0 aliphatic heterocycles. The second kappa shape index (κ2) is 3.50. The van der Waals surface area contributed by atoms with E-state index in [1.807, 2.05) is 18.2 Å². The highest BCUT2D eigenvalue weighted by atomic mass is 16.7. The zero-order valence-corrected chi connectivity index (χ0v) is 5.20. The molecule has 1 aromatic carbocycles. The van der Waals surface area contributed by atoms with Gasteiger partial charge in [-0.1, -0.05) is 18.2 Å². The number of rotatable bonds is 3. The Morgan fingerprint density at radius 3 is 2.60 bits per heavy atom. The molecule has 3 nitrogen and oxygen atoms in total. The van der Waals surface area contributed by atoms with E-state index >= 15 is 0 Å². The van der Waals surface area contributed by atoms with Gasteiger partial charge in [-0.25, -0.2) is 10.3 Å². The van der Waals surface area contributed by atoms with E-state index in [-0.39, 0.29) is 0 Å². The predicted molar refractivity (Wildman–Crippen MR) is 36.8 cm³/mol. The van der Waals surface area contributed by atoms with Crippen molar-refractivity contribution in [2.24, 2.45) is 0 Å². The number of hydrogen-bond acceptors (Lipinski definition) is 3. The van der Waals surface area contributed by atoms with E-state index in [1.165, 1.54) is 6.47 Å². The summed E-state index contributed by atoms with van der Waals surface area (Å²) in [4.78, 5) is 13.7. The maximum Gasteiger partial charge on any atom is 0.443 e. The molecule has 0 saturated heterocycles. The molecular formula is C7H6NO2. The average molecular weight is 136 g/mol. The van der Waals surface area contributed by atoms with Gasteiger partial charge in [0.2, 0.25) is 0 Å². The van der Waals surface area contributed by atoms with Crippen LogP contribution in [-0.4, -0.2) is 6.47 Å². The smallest absolute Gasteiger partial charge is 0.332 e. The molecule has 1 radical (unpaired) electrons. The molecule has 0 spiro atoms. The molecule has 1 rings (SSSR count). The average Bonchev–Trinajstić information content (AvgIpc) is 2.03. The SMILES string of the molecule is O=[C]ONc1ccccc1. The van der Waals surface area contributed by atoms with E-state index in [1.54, 1.807) is 12.1 Å². The topological polar surface area (TPSA) is 38.3 Å². The highest BCUT2D eigenvalue weighted by Gasteiger charge is 1.85. The Morgan fingerprint density at radius 2 is 2.00 bits per heavy atom. The molecule has 0 saturated carbocycles. The zero-order valence-electron chi connectivity index (χ0n) is 5.20. The van der Waals surface area contributed by atoms with Gasteiger partial charge in [-0.3, -0.25) is 0 Å². The largest absolute Gasteiger partial charge is 0.443 e. The van der Waals surface area contributed by atoms with Gasteiger partial charge in [0, 0.05) is 0 Å². The van der Waals surface area contributed by atoms with E-state index in [4.69, 9.17) is 0 Å². The van der Waals surface area contributed by atoms with E-state index < -0.39 is 0 Å². The van der Waals surface area contributed by atoms with Crippen LogP contribution in [0.5, 0.6) is 0 Å². The van der Waals surface area contributed by atoms with Gasteiger partial charge >= 0.3 is 6.47 Å². The fourth-order valence-electron chi connectivity index (χ4n) is 0.586. The first-order valence-electron chi connectivity index (χ1n) is 2.77. The van der Waals surface area contributed by atoms with Gasteiger partial charge in [0.15, 0.2) is 0 Å². The molecule has 0 aromatic heterocycles. The fourth-order valence-corrected chi connectivity index (χ4v) is 0.586. The lowest BCUT2D eigenvalue weighted by molar-refractivity contribution is 0.346. The highest BCUT2D eigenvalue weighted by Crippen LogP contribution is 2.03. The van der Waals surface area contributed by atoms with Crippen LogP contribution in [0.4, 0.5) is 5.69 Å². The van der Waals surface area contributed by atoms with Gasteiger partial charge < -0.3 is 4.84 Å². The first-order chi connectivity index (χ1) is 4.93. The predicted octanol–water partition coefficient (Wildman–Crippen LogP) is 1.10. The number of hydrogen-bond donors (Lipinski definition) is 1. The van der Waals surface area contributed by atoms with Gasteiger partial charge in [-0.2, -0.15) is 0 Å². The van der Waals surface area contributed by atoms with Gasteiger partial charge in [0.1, 0.15) is 0 Å². The number of para-hydroxylation sites is 1. The molecule has 0 fully saturated rings. The summed E-state index contributed by atoms with van der Waals surface area (Å²) >= 11 is 0. The summed E-state index contributed by atoms with van der Waals surface area (Å²) in [5.74, 6) is 0. The second-order valence-electron chi connectivity index (χ2n) is 1.65. The van der Waals surface area contributed by atoms with E-state index in [2.05, 4.69) is 10.3 Å². The quantitative estimate of drug-likeness (QED) is 0.632. The molecule has 51 valence electrons. The molecule has 1 aromatic rings. The summed E-state index contributed by atoms with van der Waals surface area (Å²) in [6, 6.07) is 9.08. The van der Waals surface area contributed by atoms with E-state index in [9.17, 15) is 4.79 Å². The molecule has 0 bridgehead atoms. The van der Waals surface area contributed by atoms with Crippen molar-refractivity contribution in [3.05, 3.63) is 30.3 Å². The van der Waals surface area contributed by atoms with Gasteiger partial charge in [0.25, 0.3) is 0 Å². The summed E-state index contributed by atoms with van der Waals surface area (Å²) in [6.07, 6.45) is 0. The Bertz CT molecular complexity index is 198. The molecule has 1 N–H and O–H groups in total. The standard InChI is InChI=1S/C7H6NO2/c9-6-10-8-7-4-2-1-3-5-7/h1-5,8H. The number of benzene rings is 1. The first kappa shape index (κ1) is 6.61. The van der Waals surface area contributed by atoms with Crippen LogP contribution in [-0.2, 0) is 9.63 Å². The number of anilines is 1. The minimum absolute atomic E-state index is 0.728. The van der Waals surface area contributed by atoms with Crippen LogP contribution in [0, 0.1) is 0 Å². The third kappa shape index (κ3) is 1.78. The lowest BCUT2D eigenvalue weighted by Crippen LogP contribution is -1.97. The molecule has 10 heavy (non-hydrogen) atoms. The van der Waals surface area contributed by atoms with Gasteiger partial charge in [-0.05, 0) is 12.1 Å². The summed E-state index contributed by atoms with van der Waals surface area (Å²) < 4.78 is 0. The molecule has 0 aliphatic rings. The Morgan fingerprint density at radius 1 is 1.30 bits per heavy atom. The minimum atomic E-state index is 0.728. The Labute approximate surface area is 58.6 Å². The normalized spacial score (nSPS) is 8.40. The highest BCUT2D eigenvalue weighted by molar-refractivity contribution is 5.46. The molecule has 0 heterocycles. The summed E-state index contributed by atoms with van der Waals surface area (Å²) in [7, 11) is 0. The van der Waals surface area contributed by atoms with Crippen molar-refractivity contribution >= 4 is 12.2 Å². The lowest BCUT2D eigenvalue weighted by Gasteiger charge is -1.98. The molecule has 0 atom stereocenters. The zero-order chi connectivity index (χ0) is 7.23. The second-order valence-corrected chi connectivity index (χ2v) is 1.65. The van der Waals surface area contributed by atoms with Crippen LogP contribution in [0.25, 0.3) is 0 Å². The molecule has 0 unspecified atom stereocenters. The van der Waals surface area contributed by atoms with Gasteiger partial charge in [-0.15, -0.1) is 0 Å². The van der Waals surface area contributed by atoms with Gasteiger partial charge in [0.05, 0.1) is 5.69 Å². The van der Waals surface area contributed by atoms with E-state index in [0.717, 1.165) is 5.69 Å². The van der Waals surface area contributed by atoms with Crippen molar-refractivity contribution in [3.8, 4) is 0 Å². The van der Waals surface area contributed by atoms with Crippen LogP contribution in [0.15, 0.2) is 30.3 Å². The van der Waals surface area contributed by atoms with E-state index in [0.29, 0.717) is 0 Å². The van der Waals surface area contributed by atoms with Crippen molar-refractivity contribution in [2.75, 3.05) is 5.48 Å². The molecule has 0 aliphatic carbocycles. The monoisotopic (exact) mass is 136 g/mol. The number of carbonyl (C=O) groups excluding carboxylic acids is 1. The van der Waals surface area contributed by atoms with Crippen LogP contribution in [0.1, 0.15) is 0 Å². The third-order valence-electron chi connectivity index (χ3n) is 0.984. The van der Waals surface area contributed by atoms with Crippen LogP contribution in [0.2, 0.25) is 0 Å². The Hall–Kier alpha value is -1.51. The lowest BCUT2D eigenvalue weighted by atomic mass is 10.3. The van der Waals surface area contributed by atoms with Crippen molar-refractivity contribution in [3.63, 3.8) is 0 Å². The van der Waals surface area contributed by atoms with Crippen molar-refractivity contribution < 1.29 is 9.63 Å². The van der Waals surface area contributed by atoms with Crippen LogP contribution >= 0.6 is 0 Å². The Kier molecular flexibility index (Phi) is 2.31. The molecule has 3 heteroatoms. The summed E-state index contributed by atoms with van der Waals surface area (Å²) in [5, 5.41) is 0. The fraction of sp³-hybridized carbons (Fsp3) is 0. The molecular weight excluding hydrogens is 130 g/mol. The third-order valence-corrected chi connectivity index (χ3v) is 0.984. The number of nitrogens with one attached hydrogen (secondary N) is 1. The summed E-state index contributed by atoms with van der Waals surface area (Å²) in [6.45, 7) is 1.26. The van der Waals surface area contributed by atoms with Crippen LogP contribution < -0.4 is 5.48 Å². The molecule has 0 amide bonds. The Balaban J connectivity index is 2.50. The van der Waals surface area contributed by atoms with Crippen molar-refractivity contribution in [2.45, 2.75) is 0 Å². The maximum absolute atomic E-state index is 9.57. The minimum Gasteiger partial charge on any atom is -0.332 e. The maximum atomic E-state index is 9.57. The summed E-state index contributed by atoms with van der Waals surface area (Å²) in [5.41, 5.74) is 3.10.